The number of piperazine rings is 1. The first-order valence-electron chi connectivity index (χ1n) is 22.4. The van der Waals surface area contributed by atoms with Crippen molar-refractivity contribution in [1.82, 2.24) is 30.1 Å². The molecule has 0 bridgehead atoms. The number of alkyl halides is 2. The summed E-state index contributed by atoms with van der Waals surface area (Å²) in [6, 6.07) is 3.12. The van der Waals surface area contributed by atoms with Crippen molar-refractivity contribution in [3.63, 3.8) is 0 Å². The van der Waals surface area contributed by atoms with E-state index >= 15 is 0 Å². The van der Waals surface area contributed by atoms with Gasteiger partial charge in [-0.3, -0.25) is 24.0 Å². The van der Waals surface area contributed by atoms with E-state index in [1.54, 1.807) is 52.0 Å². The highest BCUT2D eigenvalue weighted by molar-refractivity contribution is 7.91. The molecule has 0 spiro atoms. The number of hydrogen-bond donors (Lipinski definition) is 3. The van der Waals surface area contributed by atoms with E-state index in [0.29, 0.717) is 63.0 Å². The molecular weight excluding hydrogens is 853 g/mol. The third-order valence-corrected chi connectivity index (χ3v) is 15.5. The number of hydrogen-bond acceptors (Lipinski definition) is 12. The molecule has 7 rings (SSSR count). The molecular formula is C45H63F2N7O9S. The number of anilines is 1. The number of carbonyl (C=O) groups is 4. The third-order valence-electron chi connectivity index (χ3n) is 13.3. The number of nitrogens with zero attached hydrogens (tertiary/aromatic N) is 4. The number of benzene rings is 1. The van der Waals surface area contributed by atoms with Crippen LogP contribution in [0.25, 0.3) is 10.8 Å². The van der Waals surface area contributed by atoms with Crippen LogP contribution in [0.4, 0.5) is 19.3 Å². The summed E-state index contributed by atoms with van der Waals surface area (Å²) in [6.07, 6.45) is 4.36. The zero-order valence-corrected chi connectivity index (χ0v) is 38.6. The summed E-state index contributed by atoms with van der Waals surface area (Å²) in [6.45, 7) is 12.2. The van der Waals surface area contributed by atoms with Crippen molar-refractivity contribution >= 4 is 50.3 Å². The van der Waals surface area contributed by atoms with Crippen LogP contribution in [0.2, 0.25) is 0 Å². The van der Waals surface area contributed by atoms with E-state index in [9.17, 15) is 36.4 Å². The molecule has 4 amide bonds. The number of allylic oxidation sites excluding steroid dienone is 1. The lowest BCUT2D eigenvalue weighted by atomic mass is 9.88. The predicted octanol–water partition coefficient (Wildman–Crippen LogP) is 4.76. The minimum atomic E-state index is -4.04. The zero-order valence-electron chi connectivity index (χ0n) is 37.8. The molecule has 2 aromatic rings. The maximum Gasteiger partial charge on any atom is 0.408 e. The van der Waals surface area contributed by atoms with Crippen LogP contribution in [0.3, 0.4) is 0 Å². The monoisotopic (exact) mass is 915 g/mol. The molecule has 0 radical (unpaired) electrons. The van der Waals surface area contributed by atoms with Crippen LogP contribution in [-0.4, -0.2) is 134 Å². The second-order valence-corrected chi connectivity index (χ2v) is 21.8. The molecule has 4 heterocycles. The highest BCUT2D eigenvalue weighted by Gasteiger charge is 2.63. The van der Waals surface area contributed by atoms with Gasteiger partial charge in [0.2, 0.25) is 27.7 Å². The molecule has 64 heavy (non-hydrogen) atoms. The van der Waals surface area contributed by atoms with E-state index < -0.39 is 86.2 Å². The van der Waals surface area contributed by atoms with E-state index in [1.807, 2.05) is 31.2 Å². The first kappa shape index (κ1) is 47.2. The van der Waals surface area contributed by atoms with Gasteiger partial charge in [0, 0.05) is 49.3 Å². The molecule has 2 saturated carbocycles. The molecule has 3 N–H and O–H groups in total. The van der Waals surface area contributed by atoms with Crippen molar-refractivity contribution in [2.24, 2.45) is 17.8 Å². The van der Waals surface area contributed by atoms with Gasteiger partial charge in [-0.2, -0.15) is 0 Å². The first-order valence-corrected chi connectivity index (χ1v) is 23.8. The van der Waals surface area contributed by atoms with Crippen LogP contribution in [0, 0.1) is 17.8 Å². The maximum absolute atomic E-state index is 15.0. The third kappa shape index (κ3) is 10.3. The fraction of sp³-hybridized carbons (Fsp3) is 0.667. The summed E-state index contributed by atoms with van der Waals surface area (Å²) < 4.78 is 71.9. The van der Waals surface area contributed by atoms with Crippen LogP contribution in [-0.2, 0) is 29.1 Å². The van der Waals surface area contributed by atoms with Gasteiger partial charge in [-0.05, 0) is 96.3 Å². The summed E-state index contributed by atoms with van der Waals surface area (Å²) in [5.41, 5.74) is -1.67. The van der Waals surface area contributed by atoms with Gasteiger partial charge in [-0.1, -0.05) is 26.0 Å². The standard InChI is InChI=1S/C45H63F2N7O9S/c1-27-10-8-9-11-29-23-45(29,41(57)51-64(59,60)44(6)14-15-44)50-38(55)34-22-31(25-54(34)40(56)37(28(2)20-27)49-42(58)63-43(3,4)5)62-39-32-13-12-30(61-7)21-33(32)35(24-48-39)53-18-16-52(17-19-53)26-36(46)47/h9,11-13,21,24,27-29,31,34,36-37H,8,10,14-20,22-23,25-26H2,1-7H3,(H,49,58)(H,50,55)(H,51,57)/b11-9-/t27-,28-,29+,31-,34+,37+,45-/m1/s1. The molecule has 3 aliphatic heterocycles. The topological polar surface area (TPSA) is 189 Å². The molecule has 19 heteroatoms. The molecule has 1 aromatic carbocycles. The molecule has 5 aliphatic rings. The van der Waals surface area contributed by atoms with E-state index in [2.05, 4.69) is 27.2 Å². The summed E-state index contributed by atoms with van der Waals surface area (Å²) in [4.78, 5) is 67.0. The number of alkyl carbamates (subject to hydrolysis) is 1. The molecule has 2 aliphatic carbocycles. The van der Waals surface area contributed by atoms with Crippen LogP contribution < -0.4 is 29.7 Å². The van der Waals surface area contributed by atoms with Gasteiger partial charge in [0.25, 0.3) is 12.3 Å². The van der Waals surface area contributed by atoms with Crippen molar-refractivity contribution in [2.75, 3.05) is 51.3 Å². The SMILES string of the molecule is COc1ccc2c(O[C@@H]3C[C@H]4C(=O)N[C@]5(C(=O)NS(=O)(=O)C6(C)CC6)C[C@@H]5/C=C\CC[C@@H](C)C[C@@H](C)[C@H](NC(=O)OC(C)(C)C)C(=O)N4C3)ncc(N3CCN(CC(F)F)CC3)c2c1. The van der Waals surface area contributed by atoms with E-state index in [-0.39, 0.29) is 37.7 Å². The minimum Gasteiger partial charge on any atom is -0.497 e. The minimum absolute atomic E-state index is 0.0245. The fourth-order valence-corrected chi connectivity index (χ4v) is 10.5. The van der Waals surface area contributed by atoms with Gasteiger partial charge in [0.1, 0.15) is 35.1 Å². The van der Waals surface area contributed by atoms with Crippen LogP contribution >= 0.6 is 0 Å². The lowest BCUT2D eigenvalue weighted by Gasteiger charge is -2.36. The summed E-state index contributed by atoms with van der Waals surface area (Å²) in [5.74, 6) is -2.00. The Balaban J connectivity index is 1.21. The molecule has 0 unspecified atom stereocenters. The van der Waals surface area contributed by atoms with Gasteiger partial charge < -0.3 is 34.6 Å². The Morgan fingerprint density at radius 1 is 1.06 bits per heavy atom. The average molecular weight is 916 g/mol. The summed E-state index contributed by atoms with van der Waals surface area (Å²) in [7, 11) is -2.49. The normalized spacial score (nSPS) is 29.4. The van der Waals surface area contributed by atoms with Crippen LogP contribution in [0.1, 0.15) is 86.5 Å². The number of pyridine rings is 1. The van der Waals surface area contributed by atoms with Gasteiger partial charge in [0.15, 0.2) is 0 Å². The number of amides is 4. The molecule has 2 saturated heterocycles. The van der Waals surface area contributed by atoms with Crippen molar-refractivity contribution in [3.05, 3.63) is 36.5 Å². The number of rotatable bonds is 10. The number of nitrogens with one attached hydrogen (secondary N) is 3. The van der Waals surface area contributed by atoms with Gasteiger partial charge in [0.05, 0.1) is 36.8 Å². The highest BCUT2D eigenvalue weighted by Crippen LogP contribution is 2.48. The van der Waals surface area contributed by atoms with Crippen molar-refractivity contribution < 1.29 is 50.6 Å². The quantitative estimate of drug-likeness (QED) is 0.278. The van der Waals surface area contributed by atoms with Gasteiger partial charge >= 0.3 is 6.09 Å². The lowest BCUT2D eigenvalue weighted by Crippen LogP contribution is -2.59. The number of ether oxygens (including phenoxy) is 3. The second-order valence-electron chi connectivity index (χ2n) is 19.6. The number of fused-ring (bicyclic) bond motifs is 3. The summed E-state index contributed by atoms with van der Waals surface area (Å²) in [5, 5.41) is 7.08. The Morgan fingerprint density at radius 3 is 2.44 bits per heavy atom. The molecule has 16 nitrogen and oxygen atoms in total. The maximum atomic E-state index is 15.0. The predicted molar refractivity (Wildman–Crippen MR) is 236 cm³/mol. The number of halogens is 2. The number of methoxy groups -OCH3 is 1. The Hall–Kier alpha value is -4.78. The number of carbonyl (C=O) groups excluding carboxylic acids is 4. The first-order chi connectivity index (χ1) is 30.1. The van der Waals surface area contributed by atoms with E-state index in [0.717, 1.165) is 17.5 Å². The average Bonchev–Trinajstić information content (AvgIpc) is 4.10. The fourth-order valence-electron chi connectivity index (χ4n) is 9.21. The Morgan fingerprint density at radius 2 is 1.78 bits per heavy atom. The van der Waals surface area contributed by atoms with Crippen molar-refractivity contribution in [3.8, 4) is 11.6 Å². The van der Waals surface area contributed by atoms with E-state index in [4.69, 9.17) is 19.2 Å². The van der Waals surface area contributed by atoms with E-state index in [1.165, 1.54) is 4.90 Å². The summed E-state index contributed by atoms with van der Waals surface area (Å²) >= 11 is 0. The van der Waals surface area contributed by atoms with Gasteiger partial charge in [-0.15, -0.1) is 0 Å². The Labute approximate surface area is 374 Å². The zero-order chi connectivity index (χ0) is 46.4. The van der Waals surface area contributed by atoms with Crippen LogP contribution in [0.5, 0.6) is 11.6 Å². The van der Waals surface area contributed by atoms with Crippen molar-refractivity contribution in [1.29, 1.82) is 0 Å². The largest absolute Gasteiger partial charge is 0.497 e. The van der Waals surface area contributed by atoms with Crippen molar-refractivity contribution in [2.45, 2.75) is 127 Å². The Bertz CT molecular complexity index is 2250. The lowest BCUT2D eigenvalue weighted by molar-refractivity contribution is -0.142. The van der Waals surface area contributed by atoms with Crippen LogP contribution in [0.15, 0.2) is 36.5 Å². The number of sulfonamides is 1. The Kier molecular flexibility index (Phi) is 13.5. The highest BCUT2D eigenvalue weighted by atomic mass is 32.2. The molecule has 4 fully saturated rings. The molecule has 1 aromatic heterocycles. The smallest absolute Gasteiger partial charge is 0.408 e. The van der Waals surface area contributed by atoms with Gasteiger partial charge in [-0.25, -0.2) is 27.0 Å². The second kappa shape index (κ2) is 18.2. The molecule has 352 valence electrons. The number of aromatic nitrogens is 1. The molecule has 7 atom stereocenters.